The van der Waals surface area contributed by atoms with Crippen molar-refractivity contribution in [3.63, 3.8) is 0 Å². The van der Waals surface area contributed by atoms with E-state index in [9.17, 15) is 23.2 Å². The molecule has 0 spiro atoms. The average Bonchev–Trinajstić information content (AvgIpc) is 3.39. The molecule has 2 aromatic carbocycles. The van der Waals surface area contributed by atoms with E-state index in [1.54, 1.807) is 30.1 Å². The van der Waals surface area contributed by atoms with Gasteiger partial charge in [-0.25, -0.2) is 0 Å². The van der Waals surface area contributed by atoms with Gasteiger partial charge in [-0.15, -0.1) is 0 Å². The fourth-order valence-corrected chi connectivity index (χ4v) is 5.34. The number of benzene rings is 2. The van der Waals surface area contributed by atoms with Gasteiger partial charge in [-0.05, 0) is 54.4 Å². The first-order valence-corrected chi connectivity index (χ1v) is 11.7. The van der Waals surface area contributed by atoms with Crippen LogP contribution < -0.4 is 9.80 Å². The predicted octanol–water partition coefficient (Wildman–Crippen LogP) is 4.70. The predicted molar refractivity (Wildman–Crippen MR) is 128 cm³/mol. The van der Waals surface area contributed by atoms with E-state index < -0.39 is 17.7 Å². The van der Waals surface area contributed by atoms with Crippen LogP contribution in [-0.4, -0.2) is 43.5 Å². The summed E-state index contributed by atoms with van der Waals surface area (Å²) in [5, 5.41) is 9.59. The highest BCUT2D eigenvalue weighted by Crippen LogP contribution is 2.41. The first kappa shape index (κ1) is 23.8. The number of nitrogens with zero attached hydrogens (tertiary/aromatic N) is 4. The van der Waals surface area contributed by atoms with Crippen molar-refractivity contribution in [1.82, 2.24) is 4.90 Å². The molecule has 2 aliphatic rings. The summed E-state index contributed by atoms with van der Waals surface area (Å²) in [5.41, 5.74) is 1.90. The van der Waals surface area contributed by atoms with Crippen molar-refractivity contribution < 1.29 is 22.4 Å². The third kappa shape index (κ3) is 4.39. The minimum Gasteiger partial charge on any atom is -0.467 e. The van der Waals surface area contributed by atoms with Gasteiger partial charge in [-0.1, -0.05) is 12.1 Å². The van der Waals surface area contributed by atoms with Gasteiger partial charge < -0.3 is 19.1 Å². The Kier molecular flexibility index (Phi) is 6.12. The fraction of sp³-hybridized carbons (Fsp3) is 0.333. The molecule has 0 N–H and O–H groups in total. The lowest BCUT2D eigenvalue weighted by Gasteiger charge is -2.50. The van der Waals surface area contributed by atoms with Gasteiger partial charge in [0.1, 0.15) is 11.8 Å². The molecule has 36 heavy (non-hydrogen) atoms. The number of hydrogen-bond acceptors (Lipinski definition) is 5. The monoisotopic (exact) mass is 494 g/mol. The zero-order valence-corrected chi connectivity index (χ0v) is 19.7. The number of para-hydroxylation sites is 1. The van der Waals surface area contributed by atoms with Crippen LogP contribution >= 0.6 is 0 Å². The maximum atomic E-state index is 13.7. The number of nitriles is 1. The van der Waals surface area contributed by atoms with Gasteiger partial charge in [0.25, 0.3) is 0 Å². The number of piperazine rings is 1. The Hall–Kier alpha value is -3.93. The van der Waals surface area contributed by atoms with Crippen molar-refractivity contribution in [2.75, 3.05) is 36.5 Å². The van der Waals surface area contributed by atoms with Crippen LogP contribution in [0.25, 0.3) is 0 Å². The molecule has 3 heterocycles. The molecule has 9 heteroatoms. The molecule has 0 bridgehead atoms. The fourth-order valence-electron chi connectivity index (χ4n) is 5.34. The van der Waals surface area contributed by atoms with Crippen LogP contribution in [-0.2, 0) is 23.9 Å². The summed E-state index contributed by atoms with van der Waals surface area (Å²) in [6, 6.07) is 16.6. The smallest absolute Gasteiger partial charge is 0.416 e. The maximum Gasteiger partial charge on any atom is 0.416 e. The summed E-state index contributed by atoms with van der Waals surface area (Å²) in [4.78, 5) is 19.4. The van der Waals surface area contributed by atoms with E-state index in [-0.39, 0.29) is 24.9 Å². The van der Waals surface area contributed by atoms with E-state index in [0.29, 0.717) is 36.5 Å². The van der Waals surface area contributed by atoms with Gasteiger partial charge >= 0.3 is 6.18 Å². The number of fused-ring (bicyclic) bond motifs is 3. The second-order valence-electron chi connectivity index (χ2n) is 9.26. The normalized spacial score (nSPS) is 19.3. The molecule has 0 saturated carbocycles. The molecular formula is C27H25F3N4O2. The molecule has 3 aromatic rings. The summed E-state index contributed by atoms with van der Waals surface area (Å²) < 4.78 is 45.8. The van der Waals surface area contributed by atoms with Crippen molar-refractivity contribution in [1.29, 1.82) is 5.26 Å². The summed E-state index contributed by atoms with van der Waals surface area (Å²) in [5.74, 6) is -0.0793. The van der Waals surface area contributed by atoms with E-state index in [2.05, 4.69) is 15.9 Å². The number of carbonyl (C=O) groups is 1. The molecule has 2 atom stereocenters. The minimum atomic E-state index is -4.46. The Morgan fingerprint density at radius 2 is 1.94 bits per heavy atom. The molecule has 186 valence electrons. The molecule has 1 amide bonds. The second-order valence-corrected chi connectivity index (χ2v) is 9.26. The maximum absolute atomic E-state index is 13.7. The van der Waals surface area contributed by atoms with E-state index in [1.165, 1.54) is 18.4 Å². The van der Waals surface area contributed by atoms with E-state index in [1.807, 2.05) is 18.2 Å². The highest BCUT2D eigenvalue weighted by molar-refractivity contribution is 5.82. The molecule has 2 aliphatic heterocycles. The van der Waals surface area contributed by atoms with Gasteiger partial charge in [-0.2, -0.15) is 18.4 Å². The van der Waals surface area contributed by atoms with Crippen LogP contribution in [0.15, 0.2) is 65.3 Å². The summed E-state index contributed by atoms with van der Waals surface area (Å²) in [7, 11) is 1.68. The lowest BCUT2D eigenvalue weighted by atomic mass is 9.82. The van der Waals surface area contributed by atoms with Gasteiger partial charge in [0.2, 0.25) is 5.91 Å². The van der Waals surface area contributed by atoms with Crippen LogP contribution in [0.4, 0.5) is 24.5 Å². The van der Waals surface area contributed by atoms with E-state index >= 15 is 0 Å². The van der Waals surface area contributed by atoms with E-state index in [0.717, 1.165) is 17.4 Å². The third-order valence-corrected chi connectivity index (χ3v) is 7.07. The Bertz CT molecular complexity index is 1300. The number of rotatable bonds is 4. The topological polar surface area (TPSA) is 63.7 Å². The van der Waals surface area contributed by atoms with Crippen LogP contribution in [0.2, 0.25) is 0 Å². The summed E-state index contributed by atoms with van der Waals surface area (Å²) in [6.45, 7) is 1.85. The zero-order chi connectivity index (χ0) is 25.4. The van der Waals surface area contributed by atoms with Crippen LogP contribution in [0.3, 0.4) is 0 Å². The standard InChI is InChI=1S/C27H25F3N4O2/c1-32(16-21-6-4-12-36-21)26(35)22-14-19-13-20(27(28,29)30)8-9-24(19)34-11-10-33(17-25(22)34)23-7-3-2-5-18(23)15-31/h2-9,12-13,22,25H,10-11,14,16-17H2,1H3. The largest absolute Gasteiger partial charge is 0.467 e. The van der Waals surface area contributed by atoms with Crippen molar-refractivity contribution in [3.05, 3.63) is 83.3 Å². The van der Waals surface area contributed by atoms with Crippen molar-refractivity contribution in [2.24, 2.45) is 5.92 Å². The number of amides is 1. The zero-order valence-electron chi connectivity index (χ0n) is 19.7. The quantitative estimate of drug-likeness (QED) is 0.526. The third-order valence-electron chi connectivity index (χ3n) is 7.07. The number of hydrogen-bond donors (Lipinski definition) is 0. The van der Waals surface area contributed by atoms with Crippen LogP contribution in [0, 0.1) is 17.2 Å². The summed E-state index contributed by atoms with van der Waals surface area (Å²) >= 11 is 0. The molecule has 5 rings (SSSR count). The van der Waals surface area contributed by atoms with Gasteiger partial charge in [-0.3, -0.25) is 4.79 Å². The van der Waals surface area contributed by atoms with Gasteiger partial charge in [0, 0.05) is 32.4 Å². The average molecular weight is 495 g/mol. The molecular weight excluding hydrogens is 469 g/mol. The number of halogens is 3. The molecule has 6 nitrogen and oxygen atoms in total. The number of anilines is 2. The van der Waals surface area contributed by atoms with Crippen LogP contribution in [0.5, 0.6) is 0 Å². The van der Waals surface area contributed by atoms with Gasteiger partial charge in [0.05, 0.1) is 41.6 Å². The van der Waals surface area contributed by atoms with Crippen molar-refractivity contribution >= 4 is 17.3 Å². The molecule has 1 saturated heterocycles. The van der Waals surface area contributed by atoms with Crippen molar-refractivity contribution in [2.45, 2.75) is 25.2 Å². The lowest BCUT2D eigenvalue weighted by Crippen LogP contribution is -2.61. The first-order chi connectivity index (χ1) is 17.3. The SMILES string of the molecule is CN(Cc1ccco1)C(=O)C1Cc2cc(C(F)(F)F)ccc2N2CCN(c3ccccc3C#N)CC12. The first-order valence-electron chi connectivity index (χ1n) is 11.7. The van der Waals surface area contributed by atoms with Crippen molar-refractivity contribution in [3.8, 4) is 6.07 Å². The van der Waals surface area contributed by atoms with Crippen LogP contribution in [0.1, 0.15) is 22.5 Å². The second kappa shape index (κ2) is 9.26. The highest BCUT2D eigenvalue weighted by Gasteiger charge is 2.44. The molecule has 0 aliphatic carbocycles. The minimum absolute atomic E-state index is 0.153. The number of alkyl halides is 3. The van der Waals surface area contributed by atoms with Gasteiger partial charge in [0.15, 0.2) is 0 Å². The molecule has 2 unspecified atom stereocenters. The number of furan rings is 1. The molecule has 0 radical (unpaired) electrons. The highest BCUT2D eigenvalue weighted by atomic mass is 19.4. The lowest BCUT2D eigenvalue weighted by molar-refractivity contribution is -0.137. The number of carbonyl (C=O) groups excluding carboxylic acids is 1. The molecule has 1 fully saturated rings. The Labute approximate surface area is 207 Å². The summed E-state index contributed by atoms with van der Waals surface area (Å²) in [6.07, 6.45) is -2.72. The van der Waals surface area contributed by atoms with E-state index in [4.69, 9.17) is 4.42 Å². The Morgan fingerprint density at radius 3 is 2.67 bits per heavy atom. The molecule has 1 aromatic heterocycles. The Morgan fingerprint density at radius 1 is 1.14 bits per heavy atom. The Balaban J connectivity index is 1.50.